The Labute approximate surface area is 55.5 Å². The number of rotatable bonds is 3. The molecule has 0 atom stereocenters. The Hall–Kier alpha value is -0.160. The van der Waals surface area contributed by atoms with Gasteiger partial charge in [-0.3, -0.25) is 0 Å². The average molecular weight is 137 g/mol. The van der Waals surface area contributed by atoms with Crippen LogP contribution in [0.4, 0.5) is 0 Å². The molecule has 0 aromatic rings. The SMILES string of the molecule is C[N+](C)(C)OCCO.[OH-]. The lowest BCUT2D eigenvalue weighted by Gasteiger charge is -2.20. The maximum atomic E-state index is 8.29. The number of hydrogen-bond acceptors (Lipinski definition) is 3. The molecule has 4 heteroatoms. The van der Waals surface area contributed by atoms with Gasteiger partial charge in [0.05, 0.1) is 27.7 Å². The van der Waals surface area contributed by atoms with E-state index in [9.17, 15) is 0 Å². The Kier molecular flexibility index (Phi) is 6.06. The van der Waals surface area contributed by atoms with Gasteiger partial charge in [-0.1, -0.05) is 0 Å². The fraction of sp³-hybridized carbons (Fsp3) is 1.00. The van der Waals surface area contributed by atoms with Crippen molar-refractivity contribution < 1.29 is 20.1 Å². The molecule has 0 rings (SSSR count). The summed E-state index contributed by atoms with van der Waals surface area (Å²) < 4.78 is 0.445. The lowest BCUT2D eigenvalue weighted by molar-refractivity contribution is -1.06. The van der Waals surface area contributed by atoms with Crippen LogP contribution in [0.5, 0.6) is 0 Å². The molecule has 2 N–H and O–H groups in total. The molecule has 0 radical (unpaired) electrons. The Morgan fingerprint density at radius 2 is 1.78 bits per heavy atom. The van der Waals surface area contributed by atoms with E-state index in [1.807, 2.05) is 21.1 Å². The minimum absolute atomic E-state index is 0. The van der Waals surface area contributed by atoms with Crippen LogP contribution in [0.2, 0.25) is 0 Å². The largest absolute Gasteiger partial charge is 0.870 e. The van der Waals surface area contributed by atoms with Crippen molar-refractivity contribution >= 4 is 0 Å². The lowest BCUT2D eigenvalue weighted by Crippen LogP contribution is -2.35. The first kappa shape index (κ1) is 11.6. The summed E-state index contributed by atoms with van der Waals surface area (Å²) in [7, 11) is 5.70. The van der Waals surface area contributed by atoms with Crippen LogP contribution in [0.1, 0.15) is 0 Å². The maximum absolute atomic E-state index is 8.29. The first-order chi connectivity index (χ1) is 3.56. The Morgan fingerprint density at radius 3 is 1.89 bits per heavy atom. The highest BCUT2D eigenvalue weighted by Crippen LogP contribution is 1.89. The van der Waals surface area contributed by atoms with E-state index < -0.39 is 0 Å². The number of hydroxylamine groups is 3. The fourth-order valence-electron chi connectivity index (χ4n) is 0.315. The molecule has 0 aliphatic rings. The Bertz CT molecular complexity index is 59.7. The van der Waals surface area contributed by atoms with Crippen molar-refractivity contribution in [1.29, 1.82) is 0 Å². The molecule has 0 aliphatic heterocycles. The van der Waals surface area contributed by atoms with E-state index in [2.05, 4.69) is 0 Å². The molecule has 4 nitrogen and oxygen atoms in total. The van der Waals surface area contributed by atoms with Crippen molar-refractivity contribution in [2.24, 2.45) is 0 Å². The molecule has 0 spiro atoms. The minimum atomic E-state index is 0. The van der Waals surface area contributed by atoms with Gasteiger partial charge in [-0.15, -0.1) is 0 Å². The van der Waals surface area contributed by atoms with Gasteiger partial charge < -0.3 is 10.6 Å². The Balaban J connectivity index is 0. The van der Waals surface area contributed by atoms with Gasteiger partial charge in [0.15, 0.2) is 0 Å². The molecule has 0 aromatic carbocycles. The number of nitrogens with zero attached hydrogens (tertiary/aromatic N) is 1. The zero-order chi connectivity index (χ0) is 6.62. The van der Waals surface area contributed by atoms with E-state index in [1.165, 1.54) is 0 Å². The highest BCUT2D eigenvalue weighted by Gasteiger charge is 2.05. The summed E-state index contributed by atoms with van der Waals surface area (Å²) in [6, 6.07) is 0. The molecular formula is C5H15NO3. The van der Waals surface area contributed by atoms with Gasteiger partial charge in [-0.2, -0.15) is 4.65 Å². The zero-order valence-electron chi connectivity index (χ0n) is 6.16. The highest BCUT2D eigenvalue weighted by atomic mass is 16.7. The number of aliphatic hydroxyl groups is 1. The van der Waals surface area contributed by atoms with Crippen LogP contribution in [-0.2, 0) is 4.84 Å². The quantitative estimate of drug-likeness (QED) is 0.419. The van der Waals surface area contributed by atoms with Crippen LogP contribution in [0.15, 0.2) is 0 Å². The molecule has 0 saturated carbocycles. The predicted octanol–water partition coefficient (Wildman–Crippen LogP) is -0.560. The molecule has 0 bridgehead atoms. The second-order valence-electron chi connectivity index (χ2n) is 2.45. The van der Waals surface area contributed by atoms with Gasteiger partial charge in [0, 0.05) is 0 Å². The summed E-state index contributed by atoms with van der Waals surface area (Å²) in [5.41, 5.74) is 0. The summed E-state index contributed by atoms with van der Waals surface area (Å²) in [5, 5.41) is 8.29. The van der Waals surface area contributed by atoms with E-state index in [1.54, 1.807) is 0 Å². The molecule has 0 fully saturated rings. The summed E-state index contributed by atoms with van der Waals surface area (Å²) in [4.78, 5) is 5.07. The van der Waals surface area contributed by atoms with Gasteiger partial charge in [0.1, 0.15) is 6.61 Å². The molecule has 0 unspecified atom stereocenters. The van der Waals surface area contributed by atoms with E-state index in [0.717, 1.165) is 0 Å². The second kappa shape index (κ2) is 4.69. The smallest absolute Gasteiger partial charge is 0.129 e. The highest BCUT2D eigenvalue weighted by molar-refractivity contribution is 4.12. The monoisotopic (exact) mass is 137 g/mol. The zero-order valence-corrected chi connectivity index (χ0v) is 6.16. The molecule has 0 heterocycles. The molecule has 0 aromatic heterocycles. The van der Waals surface area contributed by atoms with Gasteiger partial charge in [0.2, 0.25) is 0 Å². The maximum Gasteiger partial charge on any atom is 0.129 e. The van der Waals surface area contributed by atoms with Crippen molar-refractivity contribution in [2.75, 3.05) is 34.4 Å². The van der Waals surface area contributed by atoms with Gasteiger partial charge in [0.25, 0.3) is 0 Å². The van der Waals surface area contributed by atoms with E-state index in [-0.39, 0.29) is 12.1 Å². The van der Waals surface area contributed by atoms with Crippen molar-refractivity contribution in [1.82, 2.24) is 0 Å². The molecule has 0 saturated heterocycles. The van der Waals surface area contributed by atoms with Crippen LogP contribution in [0.3, 0.4) is 0 Å². The predicted molar refractivity (Wildman–Crippen MR) is 33.0 cm³/mol. The number of aliphatic hydroxyl groups excluding tert-OH is 1. The van der Waals surface area contributed by atoms with E-state index in [4.69, 9.17) is 9.94 Å². The molecule has 58 valence electrons. The van der Waals surface area contributed by atoms with Crippen LogP contribution in [0.25, 0.3) is 0 Å². The standard InChI is InChI=1S/C5H14NO2.H2O/c1-6(2,3)8-5-4-7;/h7H,4-5H2,1-3H3;1H2/q+1;/p-1. The van der Waals surface area contributed by atoms with Crippen molar-refractivity contribution in [3.05, 3.63) is 0 Å². The van der Waals surface area contributed by atoms with Gasteiger partial charge in [-0.05, 0) is 0 Å². The third kappa shape index (κ3) is 11.4. The number of quaternary nitrogens is 1. The molecule has 0 amide bonds. The van der Waals surface area contributed by atoms with Gasteiger partial charge >= 0.3 is 0 Å². The third-order valence-corrected chi connectivity index (χ3v) is 0.570. The normalized spacial score (nSPS) is 10.7. The Morgan fingerprint density at radius 1 is 1.33 bits per heavy atom. The number of hydrogen-bond donors (Lipinski definition) is 1. The third-order valence-electron chi connectivity index (χ3n) is 0.570. The fourth-order valence-corrected chi connectivity index (χ4v) is 0.315. The average Bonchev–Trinajstić information content (AvgIpc) is 1.59. The first-order valence-electron chi connectivity index (χ1n) is 2.63. The first-order valence-corrected chi connectivity index (χ1v) is 2.63. The van der Waals surface area contributed by atoms with Crippen molar-refractivity contribution in [2.45, 2.75) is 0 Å². The summed E-state index contributed by atoms with van der Waals surface area (Å²) in [5.74, 6) is 0. The van der Waals surface area contributed by atoms with Crippen LogP contribution < -0.4 is 0 Å². The topological polar surface area (TPSA) is 59.5 Å². The molecular weight excluding hydrogens is 122 g/mol. The summed E-state index contributed by atoms with van der Waals surface area (Å²) >= 11 is 0. The van der Waals surface area contributed by atoms with Crippen LogP contribution >= 0.6 is 0 Å². The molecule has 0 aliphatic carbocycles. The van der Waals surface area contributed by atoms with E-state index in [0.29, 0.717) is 11.3 Å². The minimum Gasteiger partial charge on any atom is -0.870 e. The van der Waals surface area contributed by atoms with Crippen molar-refractivity contribution in [3.63, 3.8) is 0 Å². The van der Waals surface area contributed by atoms with Crippen LogP contribution in [-0.4, -0.2) is 49.6 Å². The summed E-state index contributed by atoms with van der Waals surface area (Å²) in [6.45, 7) is 0.499. The summed E-state index contributed by atoms with van der Waals surface area (Å²) in [6.07, 6.45) is 0. The van der Waals surface area contributed by atoms with Crippen LogP contribution in [0, 0.1) is 0 Å². The second-order valence-corrected chi connectivity index (χ2v) is 2.45. The van der Waals surface area contributed by atoms with Gasteiger partial charge in [-0.25, -0.2) is 4.84 Å². The van der Waals surface area contributed by atoms with E-state index >= 15 is 0 Å². The molecule has 9 heavy (non-hydrogen) atoms. The lowest BCUT2D eigenvalue weighted by atomic mass is 10.8. The van der Waals surface area contributed by atoms with Crippen molar-refractivity contribution in [3.8, 4) is 0 Å².